The molecule has 6 heteroatoms. The van der Waals surface area contributed by atoms with E-state index in [9.17, 15) is 4.79 Å². The van der Waals surface area contributed by atoms with Crippen molar-refractivity contribution in [2.45, 2.75) is 38.6 Å². The highest BCUT2D eigenvalue weighted by Crippen LogP contribution is 2.21. The number of nitrogens with one attached hydrogen (secondary N) is 1. The van der Waals surface area contributed by atoms with Crippen LogP contribution in [-0.4, -0.2) is 50.2 Å². The maximum Gasteiger partial charge on any atom is 0.226 e. The van der Waals surface area contributed by atoms with Crippen LogP contribution in [0.25, 0.3) is 0 Å². The Hall–Kier alpha value is -0.620. The summed E-state index contributed by atoms with van der Waals surface area (Å²) in [4.78, 5) is 15.4. The summed E-state index contributed by atoms with van der Waals surface area (Å²) in [7, 11) is 1.70. The van der Waals surface area contributed by atoms with Crippen molar-refractivity contribution in [1.29, 1.82) is 0 Å². The van der Waals surface area contributed by atoms with Crippen molar-refractivity contribution >= 4 is 34.2 Å². The van der Waals surface area contributed by atoms with Crippen molar-refractivity contribution in [3.05, 3.63) is 34.3 Å². The van der Waals surface area contributed by atoms with Crippen molar-refractivity contribution in [2.75, 3.05) is 33.4 Å². The van der Waals surface area contributed by atoms with E-state index in [1.165, 1.54) is 5.56 Å². The minimum absolute atomic E-state index is 0. The molecular formula is C19H30BrClN2O2. The molecule has 2 rings (SSSR count). The molecule has 142 valence electrons. The average molecular weight is 434 g/mol. The SMILES string of the molecule is CCCN(C(=O)C(CCOC)Cc1cccc(Br)c1)C1CCNC1.Cl. The first-order valence-corrected chi connectivity index (χ1v) is 9.69. The molecule has 2 unspecified atom stereocenters. The third-order valence-corrected chi connectivity index (χ3v) is 5.11. The molecule has 0 radical (unpaired) electrons. The molecule has 0 bridgehead atoms. The number of carbonyl (C=O) groups is 1. The quantitative estimate of drug-likeness (QED) is 0.646. The third kappa shape index (κ3) is 6.89. The van der Waals surface area contributed by atoms with Crippen LogP contribution in [-0.2, 0) is 16.0 Å². The molecule has 1 aliphatic heterocycles. The Balaban J connectivity index is 0.00000312. The fourth-order valence-corrected chi connectivity index (χ4v) is 3.82. The molecule has 25 heavy (non-hydrogen) atoms. The lowest BCUT2D eigenvalue weighted by molar-refractivity contribution is -0.138. The fraction of sp³-hybridized carbons (Fsp3) is 0.632. The van der Waals surface area contributed by atoms with Gasteiger partial charge in [0.1, 0.15) is 0 Å². The summed E-state index contributed by atoms with van der Waals surface area (Å²) in [6.45, 7) is 5.52. The van der Waals surface area contributed by atoms with E-state index in [1.807, 2.05) is 12.1 Å². The zero-order valence-corrected chi connectivity index (χ0v) is 17.6. The van der Waals surface area contributed by atoms with Crippen LogP contribution in [0, 0.1) is 5.92 Å². The van der Waals surface area contributed by atoms with E-state index >= 15 is 0 Å². The number of halogens is 2. The van der Waals surface area contributed by atoms with Gasteiger partial charge in [-0.2, -0.15) is 0 Å². The summed E-state index contributed by atoms with van der Waals surface area (Å²) in [5, 5.41) is 3.38. The van der Waals surface area contributed by atoms with Crippen molar-refractivity contribution in [3.8, 4) is 0 Å². The number of amides is 1. The summed E-state index contributed by atoms with van der Waals surface area (Å²) in [6.07, 6.45) is 3.58. The van der Waals surface area contributed by atoms with E-state index in [1.54, 1.807) is 7.11 Å². The monoisotopic (exact) mass is 432 g/mol. The summed E-state index contributed by atoms with van der Waals surface area (Å²) in [5.74, 6) is 0.258. The molecule has 1 N–H and O–H groups in total. The highest BCUT2D eigenvalue weighted by atomic mass is 79.9. The Labute approximate surface area is 166 Å². The van der Waals surface area contributed by atoms with Gasteiger partial charge in [0, 0.05) is 43.2 Å². The predicted molar refractivity (Wildman–Crippen MR) is 108 cm³/mol. The van der Waals surface area contributed by atoms with E-state index in [4.69, 9.17) is 4.74 Å². The fourth-order valence-electron chi connectivity index (χ4n) is 3.37. The lowest BCUT2D eigenvalue weighted by Crippen LogP contribution is -2.45. The molecule has 0 spiro atoms. The molecule has 0 aliphatic carbocycles. The molecule has 1 amide bonds. The van der Waals surface area contributed by atoms with Crippen molar-refractivity contribution in [2.24, 2.45) is 5.92 Å². The van der Waals surface area contributed by atoms with Gasteiger partial charge >= 0.3 is 0 Å². The van der Waals surface area contributed by atoms with Crippen LogP contribution >= 0.6 is 28.3 Å². The Bertz CT molecular complexity index is 524. The third-order valence-electron chi connectivity index (χ3n) is 4.61. The molecule has 2 atom stereocenters. The number of hydrogen-bond donors (Lipinski definition) is 1. The molecule has 0 saturated carbocycles. The van der Waals surface area contributed by atoms with Gasteiger partial charge in [-0.15, -0.1) is 12.4 Å². The highest BCUT2D eigenvalue weighted by molar-refractivity contribution is 9.10. The Morgan fingerprint density at radius 1 is 1.48 bits per heavy atom. The first-order valence-electron chi connectivity index (χ1n) is 8.90. The normalized spacial score (nSPS) is 17.8. The van der Waals surface area contributed by atoms with Crippen molar-refractivity contribution in [1.82, 2.24) is 10.2 Å². The lowest BCUT2D eigenvalue weighted by Gasteiger charge is -2.32. The number of nitrogens with zero attached hydrogens (tertiary/aromatic N) is 1. The second-order valence-corrected chi connectivity index (χ2v) is 7.41. The molecule has 4 nitrogen and oxygen atoms in total. The largest absolute Gasteiger partial charge is 0.385 e. The van der Waals surface area contributed by atoms with Crippen LogP contribution in [0.4, 0.5) is 0 Å². The molecule has 0 aromatic heterocycles. The van der Waals surface area contributed by atoms with Gasteiger partial charge in [-0.3, -0.25) is 4.79 Å². The van der Waals surface area contributed by atoms with Gasteiger partial charge in [0.05, 0.1) is 0 Å². The summed E-state index contributed by atoms with van der Waals surface area (Å²) in [6, 6.07) is 8.59. The lowest BCUT2D eigenvalue weighted by atomic mass is 9.94. The minimum Gasteiger partial charge on any atom is -0.385 e. The van der Waals surface area contributed by atoms with Gasteiger partial charge in [-0.25, -0.2) is 0 Å². The maximum atomic E-state index is 13.2. The topological polar surface area (TPSA) is 41.6 Å². The number of benzene rings is 1. The number of carbonyl (C=O) groups excluding carboxylic acids is 1. The van der Waals surface area contributed by atoms with Gasteiger partial charge < -0.3 is 15.0 Å². The first-order chi connectivity index (χ1) is 11.7. The maximum absolute atomic E-state index is 13.2. The molecule has 1 fully saturated rings. The van der Waals surface area contributed by atoms with Crippen molar-refractivity contribution < 1.29 is 9.53 Å². The van der Waals surface area contributed by atoms with Crippen LogP contribution in [0.1, 0.15) is 31.7 Å². The molecule has 1 saturated heterocycles. The van der Waals surface area contributed by atoms with Crippen LogP contribution in [0.2, 0.25) is 0 Å². The van der Waals surface area contributed by atoms with Crippen LogP contribution in [0.15, 0.2) is 28.7 Å². The zero-order valence-electron chi connectivity index (χ0n) is 15.2. The molecular weight excluding hydrogens is 404 g/mol. The van der Waals surface area contributed by atoms with Crippen LogP contribution in [0.5, 0.6) is 0 Å². The summed E-state index contributed by atoms with van der Waals surface area (Å²) in [5.41, 5.74) is 1.19. The molecule has 1 aromatic carbocycles. The number of methoxy groups -OCH3 is 1. The predicted octanol–water partition coefficient (Wildman–Crippen LogP) is 3.67. The Morgan fingerprint density at radius 3 is 2.88 bits per heavy atom. The van der Waals surface area contributed by atoms with Crippen LogP contribution in [0.3, 0.4) is 0 Å². The van der Waals surface area contributed by atoms with E-state index < -0.39 is 0 Å². The molecule has 1 heterocycles. The van der Waals surface area contributed by atoms with E-state index in [2.05, 4.69) is 45.2 Å². The van der Waals surface area contributed by atoms with Gasteiger partial charge in [0.15, 0.2) is 0 Å². The number of rotatable bonds is 9. The average Bonchev–Trinajstić information content (AvgIpc) is 3.10. The number of hydrogen-bond acceptors (Lipinski definition) is 3. The van der Waals surface area contributed by atoms with E-state index in [0.29, 0.717) is 12.6 Å². The van der Waals surface area contributed by atoms with E-state index in [-0.39, 0.29) is 24.2 Å². The second kappa shape index (κ2) is 11.9. The first kappa shape index (κ1) is 22.4. The van der Waals surface area contributed by atoms with Crippen LogP contribution < -0.4 is 5.32 Å². The van der Waals surface area contributed by atoms with Gasteiger partial charge in [0.2, 0.25) is 5.91 Å². The summed E-state index contributed by atoms with van der Waals surface area (Å²) < 4.78 is 6.32. The smallest absolute Gasteiger partial charge is 0.226 e. The van der Waals surface area contributed by atoms with Gasteiger partial charge in [-0.1, -0.05) is 35.0 Å². The molecule has 1 aliphatic rings. The molecule has 1 aromatic rings. The van der Waals surface area contributed by atoms with E-state index in [0.717, 1.165) is 49.8 Å². The minimum atomic E-state index is -0.0219. The zero-order chi connectivity index (χ0) is 17.4. The second-order valence-electron chi connectivity index (χ2n) is 6.49. The van der Waals surface area contributed by atoms with Gasteiger partial charge in [-0.05, 0) is 49.9 Å². The van der Waals surface area contributed by atoms with Crippen molar-refractivity contribution in [3.63, 3.8) is 0 Å². The number of ether oxygens (including phenoxy) is 1. The summed E-state index contributed by atoms with van der Waals surface area (Å²) >= 11 is 3.52. The Kier molecular flexibility index (Phi) is 10.7. The highest BCUT2D eigenvalue weighted by Gasteiger charge is 2.30. The Morgan fingerprint density at radius 2 is 2.28 bits per heavy atom. The standard InChI is InChI=1S/C19H29BrN2O2.ClH/c1-3-10-22(18-7-9-21-14-18)19(23)16(8-11-24-2)12-15-5-4-6-17(20)13-15;/h4-6,13,16,18,21H,3,7-12,14H2,1-2H3;1H. The van der Waals surface area contributed by atoms with Gasteiger partial charge in [0.25, 0.3) is 0 Å².